The zero-order valence-electron chi connectivity index (χ0n) is 12.5. The number of ether oxygens (including phenoxy) is 1. The second-order valence-electron chi connectivity index (χ2n) is 4.79. The van der Waals surface area contributed by atoms with Crippen LogP contribution < -0.4 is 5.32 Å². The Labute approximate surface area is 108 Å². The van der Waals surface area contributed by atoms with Gasteiger partial charge >= 0.3 is 0 Å². The molecule has 3 nitrogen and oxygen atoms in total. The van der Waals surface area contributed by atoms with Crippen LogP contribution in [-0.4, -0.2) is 50.3 Å². The maximum atomic E-state index is 5.75. The van der Waals surface area contributed by atoms with Crippen molar-refractivity contribution in [1.82, 2.24) is 10.2 Å². The molecule has 1 unspecified atom stereocenters. The third kappa shape index (κ3) is 8.58. The van der Waals surface area contributed by atoms with Crippen LogP contribution in [0.3, 0.4) is 0 Å². The van der Waals surface area contributed by atoms with Crippen molar-refractivity contribution in [3.05, 3.63) is 0 Å². The summed E-state index contributed by atoms with van der Waals surface area (Å²) >= 11 is 0. The van der Waals surface area contributed by atoms with Gasteiger partial charge in [0, 0.05) is 19.6 Å². The molecule has 1 saturated heterocycles. The molecule has 0 aliphatic carbocycles. The lowest BCUT2D eigenvalue weighted by atomic mass is 10.1. The molecule has 0 amide bonds. The summed E-state index contributed by atoms with van der Waals surface area (Å²) in [7, 11) is 0. The molecule has 0 saturated carbocycles. The molecule has 1 fully saturated rings. The van der Waals surface area contributed by atoms with Crippen LogP contribution in [0.4, 0.5) is 0 Å². The van der Waals surface area contributed by atoms with Crippen molar-refractivity contribution in [2.24, 2.45) is 5.92 Å². The summed E-state index contributed by atoms with van der Waals surface area (Å²) in [4.78, 5) is 2.53. The van der Waals surface area contributed by atoms with Gasteiger partial charge in [0.05, 0.1) is 12.7 Å². The third-order valence-electron chi connectivity index (χ3n) is 2.74. The van der Waals surface area contributed by atoms with Gasteiger partial charge < -0.3 is 10.1 Å². The zero-order chi connectivity index (χ0) is 13.1. The van der Waals surface area contributed by atoms with Crippen LogP contribution in [0.1, 0.15) is 41.0 Å². The molecule has 17 heavy (non-hydrogen) atoms. The summed E-state index contributed by atoms with van der Waals surface area (Å²) in [6, 6.07) is 0. The highest BCUT2D eigenvalue weighted by Crippen LogP contribution is 2.10. The van der Waals surface area contributed by atoms with Gasteiger partial charge in [-0.1, -0.05) is 34.6 Å². The molecule has 0 spiro atoms. The highest BCUT2D eigenvalue weighted by molar-refractivity contribution is 4.72. The summed E-state index contributed by atoms with van der Waals surface area (Å²) in [6.07, 6.45) is 1.58. The summed E-state index contributed by atoms with van der Waals surface area (Å²) in [6.45, 7) is 17.2. The van der Waals surface area contributed by atoms with E-state index in [-0.39, 0.29) is 0 Å². The van der Waals surface area contributed by atoms with Gasteiger partial charge in [-0.05, 0) is 25.4 Å². The number of rotatable bonds is 6. The van der Waals surface area contributed by atoms with Crippen molar-refractivity contribution in [3.63, 3.8) is 0 Å². The average molecular weight is 244 g/mol. The lowest BCUT2D eigenvalue weighted by molar-refractivity contribution is -0.0346. The summed E-state index contributed by atoms with van der Waals surface area (Å²) in [5.74, 6) is 0.762. The normalized spacial score (nSPS) is 21.2. The molecule has 0 aromatic heterocycles. The Bertz CT molecular complexity index is 162. The fourth-order valence-corrected chi connectivity index (χ4v) is 2.08. The van der Waals surface area contributed by atoms with Crippen LogP contribution >= 0.6 is 0 Å². The Morgan fingerprint density at radius 2 is 2.06 bits per heavy atom. The Morgan fingerprint density at radius 3 is 2.65 bits per heavy atom. The standard InChI is InChI=1S/C12H26N2O.C2H6/c1-4-13-6-5-12-10-14(7-8-15-12)9-11(2)3;1-2/h11-13H,4-10H2,1-3H3;1-2H3. The predicted octanol–water partition coefficient (Wildman–Crippen LogP) is 2.37. The molecule has 1 aliphatic heterocycles. The molecule has 1 N–H and O–H groups in total. The molecule has 1 atom stereocenters. The second kappa shape index (κ2) is 11.0. The molecule has 1 aliphatic rings. The Hall–Kier alpha value is -0.120. The monoisotopic (exact) mass is 244 g/mol. The molecule has 0 radical (unpaired) electrons. The van der Waals surface area contributed by atoms with Crippen molar-refractivity contribution in [3.8, 4) is 0 Å². The van der Waals surface area contributed by atoms with Crippen LogP contribution in [0.25, 0.3) is 0 Å². The first-order valence-corrected chi connectivity index (χ1v) is 7.27. The fraction of sp³-hybridized carbons (Fsp3) is 1.00. The van der Waals surface area contributed by atoms with Gasteiger partial charge in [-0.15, -0.1) is 0 Å². The first kappa shape index (κ1) is 16.9. The zero-order valence-corrected chi connectivity index (χ0v) is 12.5. The van der Waals surface area contributed by atoms with Crippen LogP contribution in [0.15, 0.2) is 0 Å². The minimum atomic E-state index is 0.441. The first-order chi connectivity index (χ1) is 8.22. The van der Waals surface area contributed by atoms with E-state index in [1.165, 1.54) is 6.54 Å². The quantitative estimate of drug-likeness (QED) is 0.726. The first-order valence-electron chi connectivity index (χ1n) is 7.27. The van der Waals surface area contributed by atoms with Crippen molar-refractivity contribution < 1.29 is 4.74 Å². The number of hydrogen-bond donors (Lipinski definition) is 1. The van der Waals surface area contributed by atoms with Crippen molar-refractivity contribution in [1.29, 1.82) is 0 Å². The third-order valence-corrected chi connectivity index (χ3v) is 2.74. The topological polar surface area (TPSA) is 24.5 Å². The lowest BCUT2D eigenvalue weighted by Crippen LogP contribution is -2.44. The summed E-state index contributed by atoms with van der Waals surface area (Å²) in [5, 5.41) is 3.35. The van der Waals surface area contributed by atoms with E-state index >= 15 is 0 Å². The fourth-order valence-electron chi connectivity index (χ4n) is 2.08. The molecular weight excluding hydrogens is 212 g/mol. The van der Waals surface area contributed by atoms with E-state index in [1.807, 2.05) is 13.8 Å². The van der Waals surface area contributed by atoms with Crippen molar-refractivity contribution >= 4 is 0 Å². The SMILES string of the molecule is CC.CCNCCC1CN(CC(C)C)CCO1. The highest BCUT2D eigenvalue weighted by atomic mass is 16.5. The van der Waals surface area contributed by atoms with Crippen LogP contribution in [-0.2, 0) is 4.74 Å². The van der Waals surface area contributed by atoms with E-state index in [0.29, 0.717) is 6.10 Å². The minimum Gasteiger partial charge on any atom is -0.376 e. The van der Waals surface area contributed by atoms with E-state index in [4.69, 9.17) is 4.74 Å². The molecule has 3 heteroatoms. The maximum Gasteiger partial charge on any atom is 0.0714 e. The van der Waals surface area contributed by atoms with Gasteiger partial charge in [0.25, 0.3) is 0 Å². The highest BCUT2D eigenvalue weighted by Gasteiger charge is 2.20. The van der Waals surface area contributed by atoms with Crippen LogP contribution in [0.5, 0.6) is 0 Å². The van der Waals surface area contributed by atoms with Crippen LogP contribution in [0.2, 0.25) is 0 Å². The van der Waals surface area contributed by atoms with E-state index in [1.54, 1.807) is 0 Å². The largest absolute Gasteiger partial charge is 0.376 e. The Balaban J connectivity index is 0.00000121. The number of nitrogens with one attached hydrogen (secondary N) is 1. The molecule has 1 rings (SSSR count). The van der Waals surface area contributed by atoms with E-state index in [0.717, 1.165) is 45.1 Å². The molecule has 0 aromatic carbocycles. The van der Waals surface area contributed by atoms with E-state index in [2.05, 4.69) is 31.0 Å². The van der Waals surface area contributed by atoms with Crippen molar-refractivity contribution in [2.45, 2.75) is 47.1 Å². The predicted molar refractivity (Wildman–Crippen MR) is 75.5 cm³/mol. The summed E-state index contributed by atoms with van der Waals surface area (Å²) in [5.41, 5.74) is 0. The van der Waals surface area contributed by atoms with Gasteiger partial charge in [-0.2, -0.15) is 0 Å². The number of nitrogens with zero attached hydrogens (tertiary/aromatic N) is 1. The number of hydrogen-bond acceptors (Lipinski definition) is 3. The lowest BCUT2D eigenvalue weighted by Gasteiger charge is -2.34. The molecular formula is C14H32N2O. The Morgan fingerprint density at radius 1 is 1.35 bits per heavy atom. The smallest absolute Gasteiger partial charge is 0.0714 e. The maximum absolute atomic E-state index is 5.75. The number of morpholine rings is 1. The Kier molecular flexibility index (Phi) is 10.9. The van der Waals surface area contributed by atoms with E-state index in [9.17, 15) is 0 Å². The molecule has 0 bridgehead atoms. The second-order valence-corrected chi connectivity index (χ2v) is 4.79. The molecule has 104 valence electrons. The van der Waals surface area contributed by atoms with Crippen LogP contribution in [0, 0.1) is 5.92 Å². The van der Waals surface area contributed by atoms with Gasteiger partial charge in [-0.25, -0.2) is 0 Å². The van der Waals surface area contributed by atoms with E-state index < -0.39 is 0 Å². The summed E-state index contributed by atoms with van der Waals surface area (Å²) < 4.78 is 5.75. The van der Waals surface area contributed by atoms with Gasteiger partial charge in [-0.3, -0.25) is 4.90 Å². The molecule has 0 aromatic rings. The molecule has 1 heterocycles. The van der Waals surface area contributed by atoms with Gasteiger partial charge in [0.1, 0.15) is 0 Å². The van der Waals surface area contributed by atoms with Gasteiger partial charge in [0.15, 0.2) is 0 Å². The average Bonchev–Trinajstić information content (AvgIpc) is 2.32. The van der Waals surface area contributed by atoms with Gasteiger partial charge in [0.2, 0.25) is 0 Å². The van der Waals surface area contributed by atoms with Crippen molar-refractivity contribution in [2.75, 3.05) is 39.3 Å². The minimum absolute atomic E-state index is 0.441.